The summed E-state index contributed by atoms with van der Waals surface area (Å²) in [6, 6.07) is 11.1. The Hall–Kier alpha value is -2.40. The Labute approximate surface area is 204 Å². The lowest BCUT2D eigenvalue weighted by Gasteiger charge is -2.31. The predicted molar refractivity (Wildman–Crippen MR) is 126 cm³/mol. The molecule has 1 N–H and O–H groups in total. The van der Waals surface area contributed by atoms with Crippen LogP contribution in [0.5, 0.6) is 11.5 Å². The number of benzene rings is 2. The number of fused-ring (bicyclic) bond motifs is 1. The molecule has 1 aromatic heterocycles. The molecule has 0 fully saturated rings. The van der Waals surface area contributed by atoms with E-state index in [2.05, 4.69) is 21.0 Å². The van der Waals surface area contributed by atoms with E-state index in [1.807, 2.05) is 12.1 Å². The van der Waals surface area contributed by atoms with E-state index in [-0.39, 0.29) is 16.5 Å². The van der Waals surface area contributed by atoms with Gasteiger partial charge in [0.2, 0.25) is 10.0 Å². The smallest absolute Gasteiger partial charge is 0.325 e. The van der Waals surface area contributed by atoms with Gasteiger partial charge in [-0.1, -0.05) is 27.5 Å². The van der Waals surface area contributed by atoms with E-state index in [0.29, 0.717) is 24.3 Å². The van der Waals surface area contributed by atoms with Crippen LogP contribution in [0.3, 0.4) is 0 Å². The summed E-state index contributed by atoms with van der Waals surface area (Å²) in [6.07, 6.45) is 3.56. The van der Waals surface area contributed by atoms with Crippen molar-refractivity contribution in [3.8, 4) is 11.5 Å². The second kappa shape index (κ2) is 9.46. The molecule has 1 atom stereocenters. The zero-order valence-corrected chi connectivity index (χ0v) is 20.8. The monoisotopic (exact) mass is 553 g/mol. The topological polar surface area (TPSA) is 102 Å². The molecule has 0 radical (unpaired) electrons. The van der Waals surface area contributed by atoms with E-state index < -0.39 is 22.0 Å². The molecule has 0 bridgehead atoms. The van der Waals surface area contributed by atoms with Gasteiger partial charge >= 0.3 is 5.97 Å². The Balaban J connectivity index is 1.58. The molecule has 0 aliphatic heterocycles. The molecule has 11 heteroatoms. The number of carboxylic acids is 1. The SMILES string of the molecule is CN([C@@H]1CCCc2c1cnn2CC(=O)O)S(=O)(=O)c1ccc(Oc2ccc(Br)cc2)c(Cl)c1. The van der Waals surface area contributed by atoms with Crippen molar-refractivity contribution in [1.29, 1.82) is 0 Å². The summed E-state index contributed by atoms with van der Waals surface area (Å²) in [6.45, 7) is -0.256. The van der Waals surface area contributed by atoms with Crippen LogP contribution in [0.25, 0.3) is 0 Å². The number of aromatic nitrogens is 2. The number of ether oxygens (including phenoxy) is 1. The van der Waals surface area contributed by atoms with Crippen molar-refractivity contribution in [1.82, 2.24) is 14.1 Å². The van der Waals surface area contributed by atoms with Gasteiger partial charge in [-0.15, -0.1) is 0 Å². The lowest BCUT2D eigenvalue weighted by molar-refractivity contribution is -0.137. The lowest BCUT2D eigenvalue weighted by atomic mass is 9.93. The number of nitrogens with zero attached hydrogens (tertiary/aromatic N) is 3. The van der Waals surface area contributed by atoms with E-state index in [0.717, 1.165) is 22.2 Å². The van der Waals surface area contributed by atoms with Crippen molar-refractivity contribution in [2.75, 3.05) is 7.05 Å². The Bertz CT molecular complexity index is 1290. The van der Waals surface area contributed by atoms with Gasteiger partial charge in [0.05, 0.1) is 22.2 Å². The molecule has 1 heterocycles. The minimum Gasteiger partial charge on any atom is -0.480 e. The van der Waals surface area contributed by atoms with Crippen LogP contribution in [0.2, 0.25) is 5.02 Å². The van der Waals surface area contributed by atoms with Crippen molar-refractivity contribution in [2.24, 2.45) is 0 Å². The number of rotatable bonds is 7. The highest BCUT2D eigenvalue weighted by molar-refractivity contribution is 9.10. The van der Waals surface area contributed by atoms with Crippen LogP contribution in [0.15, 0.2) is 58.0 Å². The fourth-order valence-electron chi connectivity index (χ4n) is 3.93. The molecular weight excluding hydrogens is 534 g/mol. The van der Waals surface area contributed by atoms with Crippen LogP contribution < -0.4 is 4.74 Å². The number of hydrogen-bond donors (Lipinski definition) is 1. The maximum atomic E-state index is 13.4. The Kier molecular flexibility index (Phi) is 6.81. The Morgan fingerprint density at radius 2 is 2.03 bits per heavy atom. The highest BCUT2D eigenvalue weighted by atomic mass is 79.9. The average Bonchev–Trinajstić information content (AvgIpc) is 3.18. The average molecular weight is 555 g/mol. The van der Waals surface area contributed by atoms with Gasteiger partial charge in [-0.25, -0.2) is 8.42 Å². The molecule has 0 unspecified atom stereocenters. The standard InChI is InChI=1S/C22H21BrClN3O5S/c1-26(19-3-2-4-20-17(19)12-25-27(20)13-22(28)29)33(30,31)16-9-10-21(18(24)11-16)32-15-7-5-14(23)6-8-15/h5-12,19H,2-4,13H2,1H3,(H,28,29)/t19-/m1/s1. The van der Waals surface area contributed by atoms with Crippen LogP contribution in [0, 0.1) is 0 Å². The van der Waals surface area contributed by atoms with E-state index in [1.54, 1.807) is 18.3 Å². The highest BCUT2D eigenvalue weighted by Crippen LogP contribution is 2.38. The van der Waals surface area contributed by atoms with E-state index >= 15 is 0 Å². The fraction of sp³-hybridized carbons (Fsp3) is 0.273. The number of carboxylic acid groups (broad SMARTS) is 1. The molecule has 1 aliphatic rings. The van der Waals surface area contributed by atoms with E-state index in [4.69, 9.17) is 21.4 Å². The van der Waals surface area contributed by atoms with Gasteiger partial charge < -0.3 is 9.84 Å². The predicted octanol–water partition coefficient (Wildman–Crippen LogP) is 4.87. The van der Waals surface area contributed by atoms with Crippen LogP contribution >= 0.6 is 27.5 Å². The Morgan fingerprint density at radius 3 is 2.70 bits per heavy atom. The third-order valence-electron chi connectivity index (χ3n) is 5.58. The lowest BCUT2D eigenvalue weighted by Crippen LogP contribution is -2.33. The third kappa shape index (κ3) is 4.93. The molecule has 1 aliphatic carbocycles. The molecule has 174 valence electrons. The summed E-state index contributed by atoms with van der Waals surface area (Å²) < 4.78 is 36.2. The summed E-state index contributed by atoms with van der Waals surface area (Å²) >= 11 is 9.71. The van der Waals surface area contributed by atoms with Gasteiger partial charge in [0.15, 0.2) is 0 Å². The first kappa shape index (κ1) is 23.7. The molecule has 0 saturated carbocycles. The minimum atomic E-state index is -3.88. The van der Waals surface area contributed by atoms with Crippen molar-refractivity contribution in [3.63, 3.8) is 0 Å². The molecule has 4 rings (SSSR count). The molecule has 0 amide bonds. The normalized spacial score (nSPS) is 15.9. The first-order valence-corrected chi connectivity index (χ1v) is 12.8. The number of carbonyl (C=O) groups is 1. The number of aliphatic carboxylic acids is 1. The largest absolute Gasteiger partial charge is 0.480 e. The second-order valence-corrected chi connectivity index (χ2v) is 11.0. The number of hydrogen-bond acceptors (Lipinski definition) is 5. The summed E-state index contributed by atoms with van der Waals surface area (Å²) in [4.78, 5) is 11.2. The third-order valence-corrected chi connectivity index (χ3v) is 8.26. The van der Waals surface area contributed by atoms with Crippen molar-refractivity contribution >= 4 is 43.5 Å². The van der Waals surface area contributed by atoms with Crippen LogP contribution in [0.4, 0.5) is 0 Å². The van der Waals surface area contributed by atoms with Crippen LogP contribution in [-0.4, -0.2) is 40.6 Å². The zero-order valence-electron chi connectivity index (χ0n) is 17.6. The van der Waals surface area contributed by atoms with Crippen molar-refractivity contribution in [3.05, 3.63) is 69.4 Å². The molecule has 33 heavy (non-hydrogen) atoms. The van der Waals surface area contributed by atoms with E-state index in [9.17, 15) is 13.2 Å². The number of sulfonamides is 1. The van der Waals surface area contributed by atoms with Gasteiger partial charge in [-0.05, 0) is 61.7 Å². The molecule has 2 aromatic carbocycles. The first-order valence-electron chi connectivity index (χ1n) is 10.1. The maximum Gasteiger partial charge on any atom is 0.325 e. The molecule has 3 aromatic rings. The highest BCUT2D eigenvalue weighted by Gasteiger charge is 2.34. The van der Waals surface area contributed by atoms with Gasteiger partial charge in [0.1, 0.15) is 18.0 Å². The van der Waals surface area contributed by atoms with Crippen molar-refractivity contribution < 1.29 is 23.1 Å². The first-order chi connectivity index (χ1) is 15.7. The number of halogens is 2. The van der Waals surface area contributed by atoms with Crippen molar-refractivity contribution in [2.45, 2.75) is 36.7 Å². The second-order valence-electron chi connectivity index (χ2n) is 7.68. The van der Waals surface area contributed by atoms with Gasteiger partial charge in [0.25, 0.3) is 0 Å². The quantitative estimate of drug-likeness (QED) is 0.447. The molecule has 0 spiro atoms. The fourth-order valence-corrected chi connectivity index (χ4v) is 5.87. The molecule has 0 saturated heterocycles. The Morgan fingerprint density at radius 1 is 1.30 bits per heavy atom. The van der Waals surface area contributed by atoms with Crippen LogP contribution in [0.1, 0.15) is 30.1 Å². The van der Waals surface area contributed by atoms with Gasteiger partial charge in [0, 0.05) is 22.8 Å². The summed E-state index contributed by atoms with van der Waals surface area (Å²) in [5.41, 5.74) is 1.49. The summed E-state index contributed by atoms with van der Waals surface area (Å²) in [5, 5.41) is 13.4. The van der Waals surface area contributed by atoms with Gasteiger partial charge in [-0.3, -0.25) is 9.48 Å². The minimum absolute atomic E-state index is 0.0446. The summed E-state index contributed by atoms with van der Waals surface area (Å²) in [7, 11) is -2.36. The van der Waals surface area contributed by atoms with E-state index in [1.165, 1.54) is 34.2 Å². The molecule has 8 nitrogen and oxygen atoms in total. The van der Waals surface area contributed by atoms with Gasteiger partial charge in [-0.2, -0.15) is 9.40 Å². The summed E-state index contributed by atoms with van der Waals surface area (Å²) in [5.74, 6) is -0.0829. The zero-order chi connectivity index (χ0) is 23.8. The molecular formula is C22H21BrClN3O5S. The van der Waals surface area contributed by atoms with Crippen LogP contribution in [-0.2, 0) is 27.8 Å². The maximum absolute atomic E-state index is 13.4.